The van der Waals surface area contributed by atoms with E-state index in [4.69, 9.17) is 9.15 Å². The molecule has 1 aromatic heterocycles. The van der Waals surface area contributed by atoms with Crippen LogP contribution in [0.1, 0.15) is 27.6 Å². The number of furan rings is 1. The fraction of sp³-hybridized carbons (Fsp3) is 0.214. The molecule has 0 aliphatic carbocycles. The summed E-state index contributed by atoms with van der Waals surface area (Å²) in [5.74, 6) is -0.0362. The van der Waals surface area contributed by atoms with Gasteiger partial charge in [-0.2, -0.15) is 0 Å². The Morgan fingerprint density at radius 1 is 1.24 bits per heavy atom. The second-order valence-electron chi connectivity index (χ2n) is 4.08. The number of hydrogen-bond acceptors (Lipinski definition) is 3. The minimum atomic E-state index is -0.488. The summed E-state index contributed by atoms with van der Waals surface area (Å²) in [6.07, 6.45) is 3.34. The number of benzene rings is 1. The van der Waals surface area contributed by atoms with Gasteiger partial charge in [-0.15, -0.1) is 0 Å². The largest absolute Gasteiger partial charge is 0.472 e. The summed E-state index contributed by atoms with van der Waals surface area (Å²) in [5, 5.41) is 0. The van der Waals surface area contributed by atoms with Crippen LogP contribution in [0.3, 0.4) is 0 Å². The van der Waals surface area contributed by atoms with Crippen molar-refractivity contribution in [2.24, 2.45) is 0 Å². The van der Waals surface area contributed by atoms with Gasteiger partial charge < -0.3 is 9.15 Å². The van der Waals surface area contributed by atoms with Gasteiger partial charge >= 0.3 is 0 Å². The van der Waals surface area contributed by atoms with Crippen LogP contribution in [0.15, 0.2) is 47.3 Å². The number of ether oxygens (including phenoxy) is 1. The summed E-state index contributed by atoms with van der Waals surface area (Å²) < 4.78 is 10.5. The Labute approximate surface area is 99.0 Å². The lowest BCUT2D eigenvalue weighted by atomic mass is 9.93. The molecule has 1 atom stereocenters. The van der Waals surface area contributed by atoms with E-state index >= 15 is 0 Å². The van der Waals surface area contributed by atoms with Gasteiger partial charge in [0.05, 0.1) is 18.4 Å². The van der Waals surface area contributed by atoms with Crippen molar-refractivity contribution in [1.82, 2.24) is 0 Å². The molecule has 3 rings (SSSR count). The van der Waals surface area contributed by atoms with Crippen LogP contribution in [-0.2, 0) is 11.2 Å². The molecule has 1 unspecified atom stereocenters. The van der Waals surface area contributed by atoms with Gasteiger partial charge in [-0.25, -0.2) is 0 Å². The molecule has 0 fully saturated rings. The highest BCUT2D eigenvalue weighted by atomic mass is 16.5. The standard InChI is InChI=1S/C14H12O3/c15-13(11-5-7-16-9-11)14-12-4-2-1-3-10(12)6-8-17-14/h1-5,7,9,14H,6,8H2. The molecule has 2 heterocycles. The van der Waals surface area contributed by atoms with Gasteiger partial charge in [0.2, 0.25) is 0 Å². The first-order chi connectivity index (χ1) is 8.36. The minimum absolute atomic E-state index is 0.0362. The second-order valence-corrected chi connectivity index (χ2v) is 4.08. The number of fused-ring (bicyclic) bond motifs is 1. The molecular weight excluding hydrogens is 216 g/mol. The fourth-order valence-electron chi connectivity index (χ4n) is 2.17. The molecule has 0 saturated carbocycles. The van der Waals surface area contributed by atoms with Crippen LogP contribution < -0.4 is 0 Å². The van der Waals surface area contributed by atoms with Gasteiger partial charge in [-0.05, 0) is 23.6 Å². The summed E-state index contributed by atoms with van der Waals surface area (Å²) in [6, 6.07) is 9.60. The van der Waals surface area contributed by atoms with E-state index in [9.17, 15) is 4.79 Å². The molecule has 0 spiro atoms. The quantitative estimate of drug-likeness (QED) is 0.742. The van der Waals surface area contributed by atoms with Gasteiger partial charge in [0.15, 0.2) is 5.78 Å². The van der Waals surface area contributed by atoms with Crippen LogP contribution in [0.2, 0.25) is 0 Å². The first-order valence-corrected chi connectivity index (χ1v) is 5.62. The minimum Gasteiger partial charge on any atom is -0.472 e. The molecule has 0 N–H and O–H groups in total. The van der Waals surface area contributed by atoms with Crippen molar-refractivity contribution in [3.63, 3.8) is 0 Å². The highest BCUT2D eigenvalue weighted by Crippen LogP contribution is 2.29. The van der Waals surface area contributed by atoms with E-state index in [1.54, 1.807) is 6.07 Å². The third-order valence-corrected chi connectivity index (χ3v) is 3.04. The first kappa shape index (κ1) is 10.3. The predicted molar refractivity (Wildman–Crippen MR) is 61.9 cm³/mol. The molecule has 2 aromatic rings. The Balaban J connectivity index is 1.98. The van der Waals surface area contributed by atoms with E-state index < -0.39 is 6.10 Å². The van der Waals surface area contributed by atoms with E-state index in [-0.39, 0.29) is 5.78 Å². The molecule has 0 saturated heterocycles. The number of ketones is 1. The number of Topliss-reactive ketones (excluding diaryl/α,β-unsaturated/α-hetero) is 1. The summed E-state index contributed by atoms with van der Waals surface area (Å²) in [4.78, 5) is 12.2. The zero-order valence-corrected chi connectivity index (χ0v) is 9.26. The molecule has 3 nitrogen and oxygen atoms in total. The lowest BCUT2D eigenvalue weighted by Gasteiger charge is -2.24. The SMILES string of the molecule is O=C(c1ccoc1)C1OCCc2ccccc21. The van der Waals surface area contributed by atoms with Crippen LogP contribution in [0.25, 0.3) is 0 Å². The number of carbonyl (C=O) groups excluding carboxylic acids is 1. The van der Waals surface area contributed by atoms with E-state index in [0.29, 0.717) is 12.2 Å². The molecule has 0 radical (unpaired) electrons. The van der Waals surface area contributed by atoms with Crippen molar-refractivity contribution in [3.05, 3.63) is 59.5 Å². The molecule has 0 amide bonds. The number of rotatable bonds is 2. The maximum Gasteiger partial charge on any atom is 0.199 e. The molecule has 86 valence electrons. The van der Waals surface area contributed by atoms with Crippen molar-refractivity contribution in [1.29, 1.82) is 0 Å². The highest BCUT2D eigenvalue weighted by molar-refractivity contribution is 6.00. The van der Waals surface area contributed by atoms with Gasteiger partial charge in [0.1, 0.15) is 12.4 Å². The third kappa shape index (κ3) is 1.78. The van der Waals surface area contributed by atoms with Crippen LogP contribution in [0.5, 0.6) is 0 Å². The van der Waals surface area contributed by atoms with Crippen molar-refractivity contribution in [3.8, 4) is 0 Å². The molecular formula is C14H12O3. The van der Waals surface area contributed by atoms with Gasteiger partial charge in [-0.1, -0.05) is 24.3 Å². The van der Waals surface area contributed by atoms with Crippen molar-refractivity contribution >= 4 is 5.78 Å². The molecule has 1 aliphatic heterocycles. The molecule has 17 heavy (non-hydrogen) atoms. The third-order valence-electron chi connectivity index (χ3n) is 3.04. The van der Waals surface area contributed by atoms with Crippen molar-refractivity contribution in [2.45, 2.75) is 12.5 Å². The molecule has 1 aromatic carbocycles. The Morgan fingerprint density at radius 2 is 2.12 bits per heavy atom. The fourth-order valence-corrected chi connectivity index (χ4v) is 2.17. The predicted octanol–water partition coefficient (Wildman–Crippen LogP) is 2.78. The molecule has 3 heteroatoms. The monoisotopic (exact) mass is 228 g/mol. The maximum absolute atomic E-state index is 12.2. The zero-order valence-electron chi connectivity index (χ0n) is 9.26. The molecule has 0 bridgehead atoms. The van der Waals surface area contributed by atoms with Crippen LogP contribution in [-0.4, -0.2) is 12.4 Å². The summed E-state index contributed by atoms with van der Waals surface area (Å²) in [5.41, 5.74) is 2.73. The van der Waals surface area contributed by atoms with E-state index in [1.165, 1.54) is 18.1 Å². The average molecular weight is 228 g/mol. The summed E-state index contributed by atoms with van der Waals surface area (Å²) in [7, 11) is 0. The Morgan fingerprint density at radius 3 is 2.94 bits per heavy atom. The first-order valence-electron chi connectivity index (χ1n) is 5.62. The van der Waals surface area contributed by atoms with Crippen molar-refractivity contribution < 1.29 is 13.9 Å². The van der Waals surface area contributed by atoms with Crippen LogP contribution >= 0.6 is 0 Å². The Kier molecular flexibility index (Phi) is 2.53. The van der Waals surface area contributed by atoms with Crippen molar-refractivity contribution in [2.75, 3.05) is 6.61 Å². The average Bonchev–Trinajstić information content (AvgIpc) is 2.91. The van der Waals surface area contributed by atoms with E-state index in [2.05, 4.69) is 0 Å². The molecule has 1 aliphatic rings. The van der Waals surface area contributed by atoms with Gasteiger partial charge in [0.25, 0.3) is 0 Å². The maximum atomic E-state index is 12.2. The topological polar surface area (TPSA) is 39.4 Å². The van der Waals surface area contributed by atoms with E-state index in [0.717, 1.165) is 12.0 Å². The smallest absolute Gasteiger partial charge is 0.199 e. The lowest BCUT2D eigenvalue weighted by molar-refractivity contribution is 0.0348. The van der Waals surface area contributed by atoms with Gasteiger partial charge in [-0.3, -0.25) is 4.79 Å². The normalized spacial score (nSPS) is 18.7. The summed E-state index contributed by atoms with van der Waals surface area (Å²) in [6.45, 7) is 0.589. The lowest BCUT2D eigenvalue weighted by Crippen LogP contribution is -2.23. The van der Waals surface area contributed by atoms with Crippen LogP contribution in [0, 0.1) is 0 Å². The summed E-state index contributed by atoms with van der Waals surface area (Å²) >= 11 is 0. The van der Waals surface area contributed by atoms with Gasteiger partial charge in [0, 0.05) is 0 Å². The second kappa shape index (κ2) is 4.18. The van der Waals surface area contributed by atoms with Crippen LogP contribution in [0.4, 0.5) is 0 Å². The Hall–Kier alpha value is -1.87. The number of carbonyl (C=O) groups is 1. The Bertz CT molecular complexity index is 528. The zero-order chi connectivity index (χ0) is 11.7. The number of hydrogen-bond donors (Lipinski definition) is 0. The van der Waals surface area contributed by atoms with E-state index in [1.807, 2.05) is 24.3 Å². The highest BCUT2D eigenvalue weighted by Gasteiger charge is 2.28.